The van der Waals surface area contributed by atoms with E-state index in [-0.39, 0.29) is 10.0 Å². The van der Waals surface area contributed by atoms with Crippen molar-refractivity contribution in [2.45, 2.75) is 11.9 Å². The normalized spacial score (nSPS) is 12.6. The molecule has 0 aliphatic heterocycles. The topological polar surface area (TPSA) is 43.4 Å². The molecule has 0 saturated heterocycles. The third-order valence-corrected chi connectivity index (χ3v) is 3.55. The van der Waals surface area contributed by atoms with Gasteiger partial charge in [0.05, 0.1) is 22.9 Å². The second-order valence-corrected chi connectivity index (χ2v) is 6.97. The van der Waals surface area contributed by atoms with Gasteiger partial charge in [-0.2, -0.15) is 13.2 Å². The highest BCUT2D eigenvalue weighted by Gasteiger charge is 2.36. The molecule has 0 amide bonds. The summed E-state index contributed by atoms with van der Waals surface area (Å²) in [7, 11) is 2.16. The number of rotatable bonds is 3. The minimum Gasteiger partial charge on any atom is -0.495 e. The van der Waals surface area contributed by atoms with E-state index < -0.39 is 32.3 Å². The number of benzene rings is 1. The van der Waals surface area contributed by atoms with Crippen molar-refractivity contribution in [3.8, 4) is 5.75 Å². The highest BCUT2D eigenvalue weighted by molar-refractivity contribution is 9.10. The molecule has 102 valence electrons. The first-order valence-corrected chi connectivity index (χ1v) is 7.67. The molecule has 0 bridgehead atoms. The Morgan fingerprint density at radius 3 is 2.33 bits per heavy atom. The van der Waals surface area contributed by atoms with E-state index in [0.717, 1.165) is 7.11 Å². The summed E-state index contributed by atoms with van der Waals surface area (Å²) in [6.07, 6.45) is -4.65. The van der Waals surface area contributed by atoms with Crippen LogP contribution in [-0.4, -0.2) is 15.5 Å². The predicted octanol–water partition coefficient (Wildman–Crippen LogP) is 3.55. The van der Waals surface area contributed by atoms with Gasteiger partial charge in [-0.25, -0.2) is 8.42 Å². The van der Waals surface area contributed by atoms with Gasteiger partial charge in [0.2, 0.25) is 9.05 Å². The number of halogens is 5. The molecule has 9 heteroatoms. The molecular weight excluding hydrogens is 361 g/mol. The van der Waals surface area contributed by atoms with Crippen LogP contribution in [0.15, 0.2) is 16.6 Å². The van der Waals surface area contributed by atoms with Gasteiger partial charge in [-0.05, 0) is 33.6 Å². The zero-order valence-corrected chi connectivity index (χ0v) is 12.0. The van der Waals surface area contributed by atoms with Crippen LogP contribution in [0.4, 0.5) is 13.2 Å². The summed E-state index contributed by atoms with van der Waals surface area (Å²) >= 11 is 2.90. The monoisotopic (exact) mass is 366 g/mol. The number of alkyl halides is 3. The fraction of sp³-hybridized carbons (Fsp3) is 0.333. The molecule has 3 nitrogen and oxygen atoms in total. The van der Waals surface area contributed by atoms with Crippen molar-refractivity contribution in [3.05, 3.63) is 27.7 Å². The van der Waals surface area contributed by atoms with Crippen LogP contribution < -0.4 is 4.74 Å². The van der Waals surface area contributed by atoms with Gasteiger partial charge in [0.15, 0.2) is 0 Å². The van der Waals surface area contributed by atoms with Gasteiger partial charge in [-0.15, -0.1) is 0 Å². The van der Waals surface area contributed by atoms with Gasteiger partial charge in [0.1, 0.15) is 5.75 Å². The summed E-state index contributed by atoms with van der Waals surface area (Å²) in [6, 6.07) is 1.91. The van der Waals surface area contributed by atoms with Gasteiger partial charge in [-0.1, -0.05) is 0 Å². The van der Waals surface area contributed by atoms with Crippen molar-refractivity contribution < 1.29 is 26.3 Å². The third kappa shape index (κ3) is 4.03. The number of hydrogen-bond acceptors (Lipinski definition) is 3. The van der Waals surface area contributed by atoms with Crippen molar-refractivity contribution in [3.63, 3.8) is 0 Å². The third-order valence-electron chi connectivity index (χ3n) is 1.95. The minimum atomic E-state index is -4.65. The highest BCUT2D eigenvalue weighted by Crippen LogP contribution is 2.41. The van der Waals surface area contributed by atoms with Crippen LogP contribution in [0.2, 0.25) is 0 Å². The van der Waals surface area contributed by atoms with Crippen molar-refractivity contribution in [2.24, 2.45) is 0 Å². The molecule has 1 aromatic carbocycles. The molecule has 1 aromatic rings. The van der Waals surface area contributed by atoms with Crippen LogP contribution in [-0.2, 0) is 21.0 Å². The Kier molecular flexibility index (Phi) is 4.56. The van der Waals surface area contributed by atoms with Gasteiger partial charge in [0, 0.05) is 10.7 Å². The van der Waals surface area contributed by atoms with Crippen LogP contribution >= 0.6 is 26.6 Å². The van der Waals surface area contributed by atoms with Crippen LogP contribution in [0.5, 0.6) is 5.75 Å². The van der Waals surface area contributed by atoms with Crippen LogP contribution in [0.3, 0.4) is 0 Å². The fourth-order valence-corrected chi connectivity index (χ4v) is 2.96. The van der Waals surface area contributed by atoms with Gasteiger partial charge >= 0.3 is 6.18 Å². The summed E-state index contributed by atoms with van der Waals surface area (Å²) in [6.45, 7) is 0. The average molecular weight is 368 g/mol. The molecule has 0 N–H and O–H groups in total. The van der Waals surface area contributed by atoms with E-state index in [1.807, 2.05) is 0 Å². The molecular formula is C9H7BrClF3O3S. The smallest absolute Gasteiger partial charge is 0.420 e. The number of hydrogen-bond donors (Lipinski definition) is 0. The summed E-state index contributed by atoms with van der Waals surface area (Å²) in [5, 5.41) is 0. The molecule has 0 atom stereocenters. The first-order chi connectivity index (χ1) is 8.04. The van der Waals surface area contributed by atoms with Crippen LogP contribution in [0.1, 0.15) is 11.1 Å². The zero-order valence-electron chi connectivity index (χ0n) is 8.88. The van der Waals surface area contributed by atoms with Crippen LogP contribution in [0, 0.1) is 0 Å². The molecule has 0 aliphatic rings. The SMILES string of the molecule is COc1c(Br)cc(CS(=O)(=O)Cl)cc1C(F)(F)F. The van der Waals surface area contributed by atoms with E-state index in [2.05, 4.69) is 20.7 Å². The number of methoxy groups -OCH3 is 1. The Labute approximate surface area is 114 Å². The molecule has 0 saturated carbocycles. The Morgan fingerprint density at radius 2 is 1.94 bits per heavy atom. The van der Waals surface area contributed by atoms with E-state index in [0.29, 0.717) is 6.07 Å². The first kappa shape index (κ1) is 15.6. The van der Waals surface area contributed by atoms with Crippen molar-refractivity contribution in [1.82, 2.24) is 0 Å². The minimum absolute atomic E-state index is 0.00939. The lowest BCUT2D eigenvalue weighted by atomic mass is 10.1. The Balaban J connectivity index is 3.40. The summed E-state index contributed by atoms with van der Waals surface area (Å²) in [4.78, 5) is 0. The summed E-state index contributed by atoms with van der Waals surface area (Å²) < 4.78 is 64.6. The summed E-state index contributed by atoms with van der Waals surface area (Å²) in [5.74, 6) is -1.10. The molecule has 0 spiro atoms. The molecule has 0 aromatic heterocycles. The summed E-state index contributed by atoms with van der Waals surface area (Å²) in [5.41, 5.74) is -1.14. The van der Waals surface area contributed by atoms with E-state index in [4.69, 9.17) is 10.7 Å². The molecule has 1 rings (SSSR count). The molecule has 0 unspecified atom stereocenters. The van der Waals surface area contributed by atoms with Crippen molar-refractivity contribution in [2.75, 3.05) is 7.11 Å². The average Bonchev–Trinajstić information content (AvgIpc) is 2.12. The van der Waals surface area contributed by atoms with Gasteiger partial charge < -0.3 is 4.74 Å². The number of ether oxygens (including phenoxy) is 1. The first-order valence-electron chi connectivity index (χ1n) is 4.40. The Bertz CT molecular complexity index is 557. The van der Waals surface area contributed by atoms with Crippen molar-refractivity contribution in [1.29, 1.82) is 0 Å². The standard InChI is InChI=1S/C9H7BrClF3O3S/c1-17-8-6(9(12,13)14)2-5(3-7(8)10)4-18(11,15)16/h2-3H,4H2,1H3. The lowest BCUT2D eigenvalue weighted by molar-refractivity contribution is -0.138. The maximum Gasteiger partial charge on any atom is 0.420 e. The molecule has 0 heterocycles. The second-order valence-electron chi connectivity index (χ2n) is 3.34. The van der Waals surface area contributed by atoms with Gasteiger partial charge in [0.25, 0.3) is 0 Å². The molecule has 0 fully saturated rings. The quantitative estimate of drug-likeness (QED) is 0.768. The largest absolute Gasteiger partial charge is 0.495 e. The maximum absolute atomic E-state index is 12.7. The zero-order chi connectivity index (χ0) is 14.1. The lowest BCUT2D eigenvalue weighted by Crippen LogP contribution is -2.09. The predicted molar refractivity (Wildman–Crippen MR) is 64.2 cm³/mol. The van der Waals surface area contributed by atoms with E-state index >= 15 is 0 Å². The van der Waals surface area contributed by atoms with E-state index in [1.165, 1.54) is 6.07 Å². The molecule has 0 aliphatic carbocycles. The van der Waals surface area contributed by atoms with Crippen molar-refractivity contribution >= 4 is 35.7 Å². The Hall–Kier alpha value is -0.470. The lowest BCUT2D eigenvalue weighted by Gasteiger charge is -2.15. The Morgan fingerprint density at radius 1 is 1.39 bits per heavy atom. The second kappa shape index (κ2) is 5.26. The van der Waals surface area contributed by atoms with Gasteiger partial charge in [-0.3, -0.25) is 0 Å². The molecule has 0 radical (unpaired) electrons. The van der Waals surface area contributed by atoms with E-state index in [9.17, 15) is 21.6 Å². The fourth-order valence-electron chi connectivity index (χ4n) is 1.35. The maximum atomic E-state index is 12.7. The van der Waals surface area contributed by atoms with Crippen LogP contribution in [0.25, 0.3) is 0 Å². The highest BCUT2D eigenvalue weighted by atomic mass is 79.9. The van der Waals surface area contributed by atoms with E-state index in [1.54, 1.807) is 0 Å². The molecule has 18 heavy (non-hydrogen) atoms.